The maximum absolute atomic E-state index is 12.9. The molecule has 0 aromatic carbocycles. The Balaban J connectivity index is 1.44. The van der Waals surface area contributed by atoms with Crippen LogP contribution in [0.15, 0.2) is 55.1 Å². The van der Waals surface area contributed by atoms with Crippen molar-refractivity contribution in [1.82, 2.24) is 15.0 Å². The van der Waals surface area contributed by atoms with Crippen molar-refractivity contribution in [3.63, 3.8) is 0 Å². The van der Waals surface area contributed by atoms with Crippen molar-refractivity contribution >= 4 is 29.1 Å². The van der Waals surface area contributed by atoms with Crippen LogP contribution < -0.4 is 16.0 Å². The zero-order valence-electron chi connectivity index (χ0n) is 18.1. The van der Waals surface area contributed by atoms with Crippen molar-refractivity contribution < 1.29 is 14.0 Å². The molecule has 0 aliphatic heterocycles. The Morgan fingerprint density at radius 2 is 1.85 bits per heavy atom. The van der Waals surface area contributed by atoms with Crippen LogP contribution in [0.3, 0.4) is 0 Å². The number of halogens is 1. The number of aromatic nitrogens is 3. The van der Waals surface area contributed by atoms with Crippen molar-refractivity contribution in [2.45, 2.75) is 25.7 Å². The van der Waals surface area contributed by atoms with Gasteiger partial charge in [0.25, 0.3) is 5.91 Å². The number of anilines is 3. The lowest BCUT2D eigenvalue weighted by Crippen LogP contribution is -2.16. The van der Waals surface area contributed by atoms with Crippen molar-refractivity contribution in [3.8, 4) is 11.1 Å². The summed E-state index contributed by atoms with van der Waals surface area (Å²) in [4.78, 5) is 37.5. The molecule has 1 aliphatic rings. The molecule has 0 saturated heterocycles. The average molecular weight is 448 g/mol. The van der Waals surface area contributed by atoms with Crippen LogP contribution in [-0.4, -0.2) is 40.0 Å². The number of amides is 2. The number of alkyl halides is 1. The first-order valence-electron chi connectivity index (χ1n) is 10.9. The highest BCUT2D eigenvalue weighted by Crippen LogP contribution is 2.30. The predicted octanol–water partition coefficient (Wildman–Crippen LogP) is 4.30. The van der Waals surface area contributed by atoms with Crippen LogP contribution in [0.1, 0.15) is 36.0 Å². The number of rotatable bonds is 10. The van der Waals surface area contributed by atoms with E-state index in [1.165, 1.54) is 6.20 Å². The molecule has 0 spiro atoms. The fraction of sp³-hybridized carbons (Fsp3) is 0.292. The fourth-order valence-corrected chi connectivity index (χ4v) is 3.25. The van der Waals surface area contributed by atoms with Gasteiger partial charge < -0.3 is 16.0 Å². The maximum Gasteiger partial charge on any atom is 0.255 e. The first-order chi connectivity index (χ1) is 16.1. The van der Waals surface area contributed by atoms with Crippen molar-refractivity contribution in [2.24, 2.45) is 5.92 Å². The van der Waals surface area contributed by atoms with E-state index in [4.69, 9.17) is 0 Å². The number of nitrogens with one attached hydrogen (secondary N) is 3. The smallest absolute Gasteiger partial charge is 0.255 e. The summed E-state index contributed by atoms with van der Waals surface area (Å²) in [6, 6.07) is 8.68. The second-order valence-corrected chi connectivity index (χ2v) is 7.82. The third-order valence-electron chi connectivity index (χ3n) is 5.23. The Morgan fingerprint density at radius 3 is 2.61 bits per heavy atom. The van der Waals surface area contributed by atoms with Gasteiger partial charge in [-0.1, -0.05) is 0 Å². The van der Waals surface area contributed by atoms with E-state index in [0.29, 0.717) is 35.9 Å². The molecule has 1 fully saturated rings. The summed E-state index contributed by atoms with van der Waals surface area (Å²) in [5.74, 6) is 0.697. The van der Waals surface area contributed by atoms with Gasteiger partial charge in [-0.15, -0.1) is 0 Å². The lowest BCUT2D eigenvalue weighted by Gasteiger charge is -2.12. The van der Waals surface area contributed by atoms with Gasteiger partial charge in [0.2, 0.25) is 5.91 Å². The van der Waals surface area contributed by atoms with E-state index in [0.717, 1.165) is 30.4 Å². The van der Waals surface area contributed by atoms with Gasteiger partial charge >= 0.3 is 0 Å². The molecule has 1 saturated carbocycles. The average Bonchev–Trinajstić information content (AvgIpc) is 3.69. The van der Waals surface area contributed by atoms with Gasteiger partial charge in [-0.2, -0.15) is 0 Å². The Morgan fingerprint density at radius 1 is 0.970 bits per heavy atom. The van der Waals surface area contributed by atoms with Gasteiger partial charge in [-0.05, 0) is 56.0 Å². The molecule has 1 aliphatic carbocycles. The molecule has 0 bridgehead atoms. The predicted molar refractivity (Wildman–Crippen MR) is 125 cm³/mol. The Hall–Kier alpha value is -3.88. The Bertz CT molecular complexity index is 1120. The number of nitrogens with zero attached hydrogens (tertiary/aromatic N) is 3. The summed E-state index contributed by atoms with van der Waals surface area (Å²) >= 11 is 0. The largest absolute Gasteiger partial charge is 0.370 e. The van der Waals surface area contributed by atoms with Crippen molar-refractivity contribution in [1.29, 1.82) is 0 Å². The van der Waals surface area contributed by atoms with E-state index >= 15 is 0 Å². The highest BCUT2D eigenvalue weighted by molar-refractivity contribution is 6.07. The number of hydrogen-bond acceptors (Lipinski definition) is 6. The lowest BCUT2D eigenvalue weighted by atomic mass is 10.1. The van der Waals surface area contributed by atoms with Crippen LogP contribution in [0.2, 0.25) is 0 Å². The minimum absolute atomic E-state index is 0.0487. The van der Waals surface area contributed by atoms with E-state index in [1.807, 2.05) is 12.1 Å². The van der Waals surface area contributed by atoms with Crippen LogP contribution in [0.4, 0.5) is 21.7 Å². The third kappa shape index (κ3) is 6.09. The molecule has 8 nitrogen and oxygen atoms in total. The minimum atomic E-state index is -0.340. The molecule has 2 amide bonds. The maximum atomic E-state index is 12.9. The molecule has 3 N–H and O–H groups in total. The molecule has 0 radical (unpaired) electrons. The molecule has 0 unspecified atom stereocenters. The zero-order chi connectivity index (χ0) is 23.0. The summed E-state index contributed by atoms with van der Waals surface area (Å²) in [7, 11) is 0. The lowest BCUT2D eigenvalue weighted by molar-refractivity contribution is -0.117. The van der Waals surface area contributed by atoms with Crippen LogP contribution >= 0.6 is 0 Å². The third-order valence-corrected chi connectivity index (χ3v) is 5.23. The zero-order valence-corrected chi connectivity index (χ0v) is 18.1. The van der Waals surface area contributed by atoms with Crippen LogP contribution in [0.5, 0.6) is 0 Å². The standard InChI is InChI=1S/C24H25FN6O2/c25-9-1-2-10-27-21-6-5-18(14-29-21)19-8-11-26-15-20(19)30-24(33)17-7-12-28-22(13-17)31-23(32)16-3-4-16/h5-8,11-16H,1-4,9-10H2,(H,27,29)(H,30,33)(H,28,31,32)/i25-1. The number of carbonyl (C=O) groups is 2. The van der Waals surface area contributed by atoms with Gasteiger partial charge in [0.15, 0.2) is 0 Å². The van der Waals surface area contributed by atoms with E-state index in [2.05, 4.69) is 30.9 Å². The molecule has 33 heavy (non-hydrogen) atoms. The molecular weight excluding hydrogens is 422 g/mol. The molecule has 9 heteroatoms. The van der Waals surface area contributed by atoms with Gasteiger partial charge in [-0.25, -0.2) is 9.97 Å². The van der Waals surface area contributed by atoms with E-state index in [-0.39, 0.29) is 24.4 Å². The highest BCUT2D eigenvalue weighted by atomic mass is 18.2. The highest BCUT2D eigenvalue weighted by Gasteiger charge is 2.29. The second kappa shape index (κ2) is 10.6. The number of carbonyl (C=O) groups excluding carboxylic acids is 2. The van der Waals surface area contributed by atoms with Gasteiger partial charge in [0.1, 0.15) is 11.6 Å². The van der Waals surface area contributed by atoms with Crippen LogP contribution in [0.25, 0.3) is 11.1 Å². The summed E-state index contributed by atoms with van der Waals surface area (Å²) in [6.07, 6.45) is 9.46. The molecule has 4 rings (SSSR count). The SMILES string of the molecule is O=C(Nc1cnccc1-c1ccc(NCCCC[18F])nc1)c1ccnc(NC(=O)C2CC2)c1. The number of pyridine rings is 3. The molecule has 3 aromatic heterocycles. The van der Waals surface area contributed by atoms with Crippen LogP contribution in [0, 0.1) is 5.92 Å². The second-order valence-electron chi connectivity index (χ2n) is 7.82. The molecule has 170 valence electrons. The quantitative estimate of drug-likeness (QED) is 0.400. The number of unbranched alkanes of at least 4 members (excludes halogenated alkanes) is 1. The minimum Gasteiger partial charge on any atom is -0.370 e. The Labute approximate surface area is 191 Å². The molecular formula is C24H25FN6O2. The van der Waals surface area contributed by atoms with Gasteiger partial charge in [-0.3, -0.25) is 19.0 Å². The van der Waals surface area contributed by atoms with E-state index in [1.54, 1.807) is 36.8 Å². The molecule has 3 heterocycles. The normalized spacial score (nSPS) is 12.8. The first-order valence-corrected chi connectivity index (χ1v) is 10.9. The molecule has 0 atom stereocenters. The first kappa shape index (κ1) is 22.3. The summed E-state index contributed by atoms with van der Waals surface area (Å²) < 4.78 is 12.2. The Kier molecular flexibility index (Phi) is 7.19. The summed E-state index contributed by atoms with van der Waals surface area (Å²) in [5.41, 5.74) is 2.49. The van der Waals surface area contributed by atoms with E-state index in [9.17, 15) is 14.0 Å². The number of hydrogen-bond donors (Lipinski definition) is 3. The topological polar surface area (TPSA) is 109 Å². The summed E-state index contributed by atoms with van der Waals surface area (Å²) in [5, 5.41) is 8.80. The molecule has 3 aromatic rings. The van der Waals surface area contributed by atoms with Crippen molar-refractivity contribution in [3.05, 3.63) is 60.7 Å². The van der Waals surface area contributed by atoms with Gasteiger partial charge in [0.05, 0.1) is 18.6 Å². The van der Waals surface area contributed by atoms with Gasteiger partial charge in [0, 0.05) is 47.7 Å². The fourth-order valence-electron chi connectivity index (χ4n) is 3.25. The summed E-state index contributed by atoms with van der Waals surface area (Å²) in [6.45, 7) is 0.336. The van der Waals surface area contributed by atoms with Crippen molar-refractivity contribution in [2.75, 3.05) is 29.2 Å². The van der Waals surface area contributed by atoms with Crippen LogP contribution in [-0.2, 0) is 4.79 Å². The van der Waals surface area contributed by atoms with E-state index < -0.39 is 0 Å². The monoisotopic (exact) mass is 447 g/mol.